The molecule has 0 aromatic carbocycles. The van der Waals surface area contributed by atoms with Crippen molar-refractivity contribution < 1.29 is 0 Å². The fourth-order valence-electron chi connectivity index (χ4n) is 1.12. The molecule has 0 fully saturated rings. The highest BCUT2D eigenvalue weighted by molar-refractivity contribution is 5.29. The molecule has 1 atom stereocenters. The number of rotatable bonds is 3. The molecule has 1 rings (SSSR count). The van der Waals surface area contributed by atoms with E-state index in [1.807, 2.05) is 25.3 Å². The maximum atomic E-state index is 5.84. The SMILES string of the molecule is CNC(C)NC1=C(N)C=CC=CC1. The summed E-state index contributed by atoms with van der Waals surface area (Å²) in [6.45, 7) is 2.05. The van der Waals surface area contributed by atoms with Crippen LogP contribution in [0.25, 0.3) is 0 Å². The van der Waals surface area contributed by atoms with Gasteiger partial charge in [-0.3, -0.25) is 0 Å². The molecule has 0 amide bonds. The molecule has 1 aliphatic rings. The molecule has 1 unspecified atom stereocenters. The Morgan fingerprint density at radius 2 is 2.23 bits per heavy atom. The molecule has 4 N–H and O–H groups in total. The molecule has 72 valence electrons. The van der Waals surface area contributed by atoms with Gasteiger partial charge in [0.2, 0.25) is 0 Å². The first-order valence-corrected chi connectivity index (χ1v) is 4.49. The maximum Gasteiger partial charge on any atom is 0.0734 e. The van der Waals surface area contributed by atoms with E-state index in [9.17, 15) is 0 Å². The highest BCUT2D eigenvalue weighted by atomic mass is 15.1. The monoisotopic (exact) mass is 179 g/mol. The molecule has 0 saturated heterocycles. The molecule has 3 nitrogen and oxygen atoms in total. The molecule has 0 spiro atoms. The van der Waals surface area contributed by atoms with Crippen LogP contribution in [0.4, 0.5) is 0 Å². The van der Waals surface area contributed by atoms with Crippen molar-refractivity contribution in [3.05, 3.63) is 35.7 Å². The topological polar surface area (TPSA) is 50.1 Å². The van der Waals surface area contributed by atoms with Crippen molar-refractivity contribution in [3.8, 4) is 0 Å². The molecule has 0 saturated carbocycles. The smallest absolute Gasteiger partial charge is 0.0734 e. The van der Waals surface area contributed by atoms with Gasteiger partial charge in [0, 0.05) is 12.1 Å². The zero-order valence-corrected chi connectivity index (χ0v) is 8.17. The summed E-state index contributed by atoms with van der Waals surface area (Å²) in [5.74, 6) is 0. The van der Waals surface area contributed by atoms with Gasteiger partial charge >= 0.3 is 0 Å². The van der Waals surface area contributed by atoms with Gasteiger partial charge in [-0.2, -0.15) is 0 Å². The van der Waals surface area contributed by atoms with Crippen LogP contribution >= 0.6 is 0 Å². The third-order valence-electron chi connectivity index (χ3n) is 2.02. The predicted octanol–water partition coefficient (Wildman–Crippen LogP) is 0.828. The van der Waals surface area contributed by atoms with E-state index in [0.717, 1.165) is 17.8 Å². The first kappa shape index (κ1) is 9.86. The minimum Gasteiger partial charge on any atom is -0.397 e. The summed E-state index contributed by atoms with van der Waals surface area (Å²) in [5.41, 5.74) is 7.73. The van der Waals surface area contributed by atoms with Crippen LogP contribution in [-0.4, -0.2) is 13.2 Å². The van der Waals surface area contributed by atoms with Crippen molar-refractivity contribution in [2.75, 3.05) is 7.05 Å². The molecule has 3 heteroatoms. The van der Waals surface area contributed by atoms with Gasteiger partial charge in [0.15, 0.2) is 0 Å². The van der Waals surface area contributed by atoms with E-state index < -0.39 is 0 Å². The van der Waals surface area contributed by atoms with Gasteiger partial charge in [0.05, 0.1) is 11.9 Å². The van der Waals surface area contributed by atoms with Crippen LogP contribution in [0.2, 0.25) is 0 Å². The van der Waals surface area contributed by atoms with Crippen molar-refractivity contribution in [1.82, 2.24) is 10.6 Å². The van der Waals surface area contributed by atoms with Gasteiger partial charge in [0.1, 0.15) is 0 Å². The van der Waals surface area contributed by atoms with Gasteiger partial charge in [-0.1, -0.05) is 18.2 Å². The van der Waals surface area contributed by atoms with Crippen LogP contribution in [0.3, 0.4) is 0 Å². The quantitative estimate of drug-likeness (QED) is 0.562. The number of nitrogens with two attached hydrogens (primary N) is 1. The fraction of sp³-hybridized carbons (Fsp3) is 0.400. The van der Waals surface area contributed by atoms with Crippen molar-refractivity contribution in [1.29, 1.82) is 0 Å². The summed E-state index contributed by atoms with van der Waals surface area (Å²) < 4.78 is 0. The molecule has 13 heavy (non-hydrogen) atoms. The standard InChI is InChI=1S/C10H17N3/c1-8(12-2)13-10-7-5-3-4-6-9(10)11/h3-6,8,12-13H,7,11H2,1-2H3. The second kappa shape index (κ2) is 4.72. The Balaban J connectivity index is 2.66. The van der Waals surface area contributed by atoms with Crippen LogP contribution in [0.1, 0.15) is 13.3 Å². The summed E-state index contributed by atoms with van der Waals surface area (Å²) in [6.07, 6.45) is 9.06. The summed E-state index contributed by atoms with van der Waals surface area (Å²) in [4.78, 5) is 0. The lowest BCUT2D eigenvalue weighted by atomic mass is 10.2. The van der Waals surface area contributed by atoms with Crippen LogP contribution in [0.15, 0.2) is 35.7 Å². The van der Waals surface area contributed by atoms with E-state index in [4.69, 9.17) is 5.73 Å². The lowest BCUT2D eigenvalue weighted by Crippen LogP contribution is -2.37. The first-order valence-electron chi connectivity index (χ1n) is 4.49. The van der Waals surface area contributed by atoms with E-state index in [1.165, 1.54) is 0 Å². The molecule has 0 radical (unpaired) electrons. The number of nitrogens with one attached hydrogen (secondary N) is 2. The Hall–Kier alpha value is -1.22. The average molecular weight is 179 g/mol. The summed E-state index contributed by atoms with van der Waals surface area (Å²) >= 11 is 0. The molecule has 0 aromatic rings. The molecule has 1 aliphatic carbocycles. The second-order valence-corrected chi connectivity index (χ2v) is 3.08. The highest BCUT2D eigenvalue weighted by Gasteiger charge is 2.04. The minimum atomic E-state index is 0.244. The lowest BCUT2D eigenvalue weighted by molar-refractivity contribution is 0.532. The second-order valence-electron chi connectivity index (χ2n) is 3.08. The largest absolute Gasteiger partial charge is 0.397 e. The summed E-state index contributed by atoms with van der Waals surface area (Å²) in [7, 11) is 1.91. The molecule has 0 aliphatic heterocycles. The van der Waals surface area contributed by atoms with Gasteiger partial charge in [-0.05, 0) is 20.0 Å². The number of hydrogen-bond acceptors (Lipinski definition) is 3. The van der Waals surface area contributed by atoms with Crippen LogP contribution in [0.5, 0.6) is 0 Å². The van der Waals surface area contributed by atoms with Gasteiger partial charge in [-0.25, -0.2) is 0 Å². The van der Waals surface area contributed by atoms with Crippen LogP contribution in [-0.2, 0) is 0 Å². The van der Waals surface area contributed by atoms with Gasteiger partial charge < -0.3 is 16.4 Å². The Kier molecular flexibility index (Phi) is 3.58. The average Bonchev–Trinajstić information content (AvgIpc) is 2.32. The molecule has 0 aromatic heterocycles. The third-order valence-corrected chi connectivity index (χ3v) is 2.02. The first-order chi connectivity index (χ1) is 6.24. The van der Waals surface area contributed by atoms with Gasteiger partial charge in [-0.15, -0.1) is 0 Å². The van der Waals surface area contributed by atoms with Gasteiger partial charge in [0.25, 0.3) is 0 Å². The summed E-state index contributed by atoms with van der Waals surface area (Å²) in [6, 6.07) is 0. The fourth-order valence-corrected chi connectivity index (χ4v) is 1.12. The van der Waals surface area contributed by atoms with Crippen molar-refractivity contribution >= 4 is 0 Å². The van der Waals surface area contributed by atoms with E-state index in [0.29, 0.717) is 0 Å². The highest BCUT2D eigenvalue weighted by Crippen LogP contribution is 2.08. The molecule has 0 heterocycles. The van der Waals surface area contributed by atoms with E-state index in [-0.39, 0.29) is 6.17 Å². The van der Waals surface area contributed by atoms with E-state index >= 15 is 0 Å². The Morgan fingerprint density at radius 3 is 2.92 bits per heavy atom. The van der Waals surface area contributed by atoms with E-state index in [1.54, 1.807) is 0 Å². The lowest BCUT2D eigenvalue weighted by Gasteiger charge is -2.17. The zero-order valence-electron chi connectivity index (χ0n) is 8.17. The zero-order chi connectivity index (χ0) is 9.68. The Morgan fingerprint density at radius 1 is 1.46 bits per heavy atom. The van der Waals surface area contributed by atoms with Crippen molar-refractivity contribution in [2.24, 2.45) is 5.73 Å². The van der Waals surface area contributed by atoms with Crippen molar-refractivity contribution in [3.63, 3.8) is 0 Å². The Labute approximate surface area is 79.4 Å². The Bertz CT molecular complexity index is 251. The molecular formula is C10H17N3. The molecule has 0 bridgehead atoms. The summed E-state index contributed by atoms with van der Waals surface area (Å²) in [5, 5.41) is 6.40. The van der Waals surface area contributed by atoms with Crippen molar-refractivity contribution in [2.45, 2.75) is 19.5 Å². The van der Waals surface area contributed by atoms with Crippen LogP contribution in [0, 0.1) is 0 Å². The molecular weight excluding hydrogens is 162 g/mol. The predicted molar refractivity (Wildman–Crippen MR) is 55.8 cm³/mol. The number of allylic oxidation sites excluding steroid dienone is 4. The third kappa shape index (κ3) is 2.95. The minimum absolute atomic E-state index is 0.244. The number of hydrogen-bond donors (Lipinski definition) is 3. The van der Waals surface area contributed by atoms with Crippen LogP contribution < -0.4 is 16.4 Å². The maximum absolute atomic E-state index is 5.84. The normalized spacial score (nSPS) is 18.6. The van der Waals surface area contributed by atoms with E-state index in [2.05, 4.69) is 23.6 Å².